The summed E-state index contributed by atoms with van der Waals surface area (Å²) in [5.74, 6) is 0.261. The van der Waals surface area contributed by atoms with E-state index in [1.807, 2.05) is 11.4 Å². The lowest BCUT2D eigenvalue weighted by Crippen LogP contribution is -2.22. The number of carbonyl (C=O) groups excluding carboxylic acids is 1. The summed E-state index contributed by atoms with van der Waals surface area (Å²) in [7, 11) is 0. The summed E-state index contributed by atoms with van der Waals surface area (Å²) in [6.07, 6.45) is 0. The van der Waals surface area contributed by atoms with E-state index < -0.39 is 0 Å². The van der Waals surface area contributed by atoms with E-state index in [1.165, 1.54) is 30.4 Å². The minimum Gasteiger partial charge on any atom is -0.274 e. The van der Waals surface area contributed by atoms with E-state index in [1.54, 1.807) is 47.0 Å². The molecule has 0 spiro atoms. The SMILES string of the molecule is CC(=O)N(c1cccc(Cl)c1)c1nc(CSc2ccc(F)cc2)cs1. The molecule has 7 heteroatoms. The topological polar surface area (TPSA) is 33.2 Å². The second kappa shape index (κ2) is 7.99. The Morgan fingerprint density at radius 3 is 2.72 bits per heavy atom. The van der Waals surface area contributed by atoms with Crippen molar-refractivity contribution in [3.63, 3.8) is 0 Å². The predicted octanol–water partition coefficient (Wildman–Crippen LogP) is 5.91. The number of thioether (sulfide) groups is 1. The first-order valence-corrected chi connectivity index (χ1v) is 9.66. The molecule has 25 heavy (non-hydrogen) atoms. The maximum atomic E-state index is 12.9. The van der Waals surface area contributed by atoms with Crippen molar-refractivity contribution in [1.29, 1.82) is 0 Å². The van der Waals surface area contributed by atoms with Crippen molar-refractivity contribution in [2.75, 3.05) is 4.90 Å². The Kier molecular flexibility index (Phi) is 5.73. The molecule has 2 aromatic carbocycles. The number of halogens is 2. The molecule has 128 valence electrons. The Morgan fingerprint density at radius 1 is 1.28 bits per heavy atom. The molecular weight excluding hydrogens is 379 g/mol. The number of hydrogen-bond donors (Lipinski definition) is 0. The predicted molar refractivity (Wildman–Crippen MR) is 102 cm³/mol. The van der Waals surface area contributed by atoms with E-state index in [0.717, 1.165) is 10.6 Å². The van der Waals surface area contributed by atoms with Gasteiger partial charge in [0.15, 0.2) is 5.13 Å². The lowest BCUT2D eigenvalue weighted by atomic mass is 10.3. The van der Waals surface area contributed by atoms with Gasteiger partial charge in [0.25, 0.3) is 0 Å². The summed E-state index contributed by atoms with van der Waals surface area (Å²) in [6, 6.07) is 13.5. The quantitative estimate of drug-likeness (QED) is 0.506. The van der Waals surface area contributed by atoms with Crippen LogP contribution in [-0.4, -0.2) is 10.9 Å². The van der Waals surface area contributed by atoms with E-state index in [9.17, 15) is 9.18 Å². The third kappa shape index (κ3) is 4.60. The first kappa shape index (κ1) is 17.9. The average molecular weight is 393 g/mol. The Labute approximate surface area is 158 Å². The molecule has 0 aliphatic rings. The standard InChI is InChI=1S/C18H14ClFN2OS2/c1-12(23)22(16-4-2-3-13(19)9-16)18-21-15(11-25-18)10-24-17-7-5-14(20)6-8-17/h2-9,11H,10H2,1H3. The van der Waals surface area contributed by atoms with Crippen molar-refractivity contribution in [3.8, 4) is 0 Å². The number of hydrogen-bond acceptors (Lipinski definition) is 4. The van der Waals surface area contributed by atoms with Crippen LogP contribution >= 0.6 is 34.7 Å². The Hall–Kier alpha value is -1.89. The molecule has 0 N–H and O–H groups in total. The monoisotopic (exact) mass is 392 g/mol. The summed E-state index contributed by atoms with van der Waals surface area (Å²) < 4.78 is 12.9. The lowest BCUT2D eigenvalue weighted by Gasteiger charge is -2.18. The zero-order valence-corrected chi connectivity index (χ0v) is 15.7. The van der Waals surface area contributed by atoms with Crippen LogP contribution in [-0.2, 0) is 10.5 Å². The fourth-order valence-electron chi connectivity index (χ4n) is 2.20. The third-order valence-corrected chi connectivity index (χ3v) is 5.47. The fourth-order valence-corrected chi connectivity index (χ4v) is 4.16. The molecule has 1 heterocycles. The molecule has 0 bridgehead atoms. The molecule has 0 unspecified atom stereocenters. The fraction of sp³-hybridized carbons (Fsp3) is 0.111. The van der Waals surface area contributed by atoms with Gasteiger partial charge in [0, 0.05) is 28.0 Å². The average Bonchev–Trinajstić information content (AvgIpc) is 3.03. The molecule has 0 saturated carbocycles. The van der Waals surface area contributed by atoms with Crippen LogP contribution in [0.2, 0.25) is 5.02 Å². The van der Waals surface area contributed by atoms with Gasteiger partial charge in [0.05, 0.1) is 11.4 Å². The number of amides is 1. The maximum Gasteiger partial charge on any atom is 0.230 e. The van der Waals surface area contributed by atoms with Gasteiger partial charge in [-0.25, -0.2) is 9.37 Å². The van der Waals surface area contributed by atoms with Gasteiger partial charge >= 0.3 is 0 Å². The summed E-state index contributed by atoms with van der Waals surface area (Å²) in [5.41, 5.74) is 1.55. The van der Waals surface area contributed by atoms with Gasteiger partial charge in [-0.2, -0.15) is 0 Å². The normalized spacial score (nSPS) is 10.7. The van der Waals surface area contributed by atoms with E-state index >= 15 is 0 Å². The van der Waals surface area contributed by atoms with Crippen LogP contribution in [0.4, 0.5) is 15.2 Å². The molecular formula is C18H14ClFN2OS2. The van der Waals surface area contributed by atoms with Gasteiger partial charge in [-0.15, -0.1) is 23.1 Å². The second-order valence-electron chi connectivity index (χ2n) is 5.20. The van der Waals surface area contributed by atoms with E-state index in [4.69, 9.17) is 11.6 Å². The van der Waals surface area contributed by atoms with Crippen LogP contribution in [0.1, 0.15) is 12.6 Å². The van der Waals surface area contributed by atoms with Crippen LogP contribution in [0.25, 0.3) is 0 Å². The molecule has 3 aromatic rings. The van der Waals surface area contributed by atoms with Crippen LogP contribution in [0.3, 0.4) is 0 Å². The summed E-state index contributed by atoms with van der Waals surface area (Å²) in [4.78, 5) is 19.2. The van der Waals surface area contributed by atoms with Gasteiger partial charge in [-0.3, -0.25) is 9.69 Å². The number of benzene rings is 2. The van der Waals surface area contributed by atoms with Crippen molar-refractivity contribution in [2.24, 2.45) is 0 Å². The molecule has 0 aliphatic heterocycles. The van der Waals surface area contributed by atoms with Crippen molar-refractivity contribution < 1.29 is 9.18 Å². The molecule has 3 rings (SSSR count). The van der Waals surface area contributed by atoms with Crippen LogP contribution in [0.5, 0.6) is 0 Å². The summed E-state index contributed by atoms with van der Waals surface area (Å²) >= 11 is 9.00. The van der Waals surface area contributed by atoms with Crippen LogP contribution in [0, 0.1) is 5.82 Å². The van der Waals surface area contributed by atoms with Gasteiger partial charge in [0.2, 0.25) is 5.91 Å². The maximum absolute atomic E-state index is 12.9. The summed E-state index contributed by atoms with van der Waals surface area (Å²) in [5, 5.41) is 3.09. The van der Waals surface area contributed by atoms with Crippen molar-refractivity contribution in [1.82, 2.24) is 4.98 Å². The van der Waals surface area contributed by atoms with Crippen molar-refractivity contribution in [3.05, 3.63) is 70.4 Å². The zero-order valence-electron chi connectivity index (χ0n) is 13.3. The Morgan fingerprint density at radius 2 is 2.04 bits per heavy atom. The Balaban J connectivity index is 1.76. The summed E-state index contributed by atoms with van der Waals surface area (Å²) in [6.45, 7) is 1.50. The minimum atomic E-state index is -0.251. The molecule has 1 aromatic heterocycles. The van der Waals surface area contributed by atoms with Crippen molar-refractivity contribution in [2.45, 2.75) is 17.6 Å². The zero-order chi connectivity index (χ0) is 17.8. The molecule has 0 saturated heterocycles. The lowest BCUT2D eigenvalue weighted by molar-refractivity contribution is -0.115. The first-order chi connectivity index (χ1) is 12.0. The second-order valence-corrected chi connectivity index (χ2v) is 7.52. The van der Waals surface area contributed by atoms with Crippen LogP contribution < -0.4 is 4.90 Å². The highest BCUT2D eigenvalue weighted by molar-refractivity contribution is 7.98. The number of rotatable bonds is 5. The molecule has 0 atom stereocenters. The number of carbonyl (C=O) groups is 1. The number of aromatic nitrogens is 1. The minimum absolute atomic E-state index is 0.130. The molecule has 3 nitrogen and oxygen atoms in total. The van der Waals surface area contributed by atoms with E-state index in [-0.39, 0.29) is 11.7 Å². The molecule has 0 fully saturated rings. The van der Waals surface area contributed by atoms with E-state index in [0.29, 0.717) is 21.6 Å². The highest BCUT2D eigenvalue weighted by atomic mass is 35.5. The number of nitrogens with zero attached hydrogens (tertiary/aromatic N) is 2. The number of anilines is 2. The molecule has 0 radical (unpaired) electrons. The Bertz CT molecular complexity index is 883. The highest BCUT2D eigenvalue weighted by Crippen LogP contribution is 2.32. The van der Waals surface area contributed by atoms with Gasteiger partial charge in [-0.05, 0) is 42.5 Å². The van der Waals surface area contributed by atoms with Gasteiger partial charge in [-0.1, -0.05) is 17.7 Å². The third-order valence-electron chi connectivity index (χ3n) is 3.31. The van der Waals surface area contributed by atoms with Gasteiger partial charge < -0.3 is 0 Å². The smallest absolute Gasteiger partial charge is 0.230 e. The van der Waals surface area contributed by atoms with E-state index in [2.05, 4.69) is 4.98 Å². The van der Waals surface area contributed by atoms with Gasteiger partial charge in [0.1, 0.15) is 5.82 Å². The first-order valence-electron chi connectivity index (χ1n) is 7.42. The van der Waals surface area contributed by atoms with Crippen LogP contribution in [0.15, 0.2) is 58.8 Å². The molecule has 1 amide bonds. The number of thiazole rings is 1. The largest absolute Gasteiger partial charge is 0.274 e. The van der Waals surface area contributed by atoms with Crippen molar-refractivity contribution >= 4 is 51.4 Å². The molecule has 0 aliphatic carbocycles. The highest BCUT2D eigenvalue weighted by Gasteiger charge is 2.18.